The Morgan fingerprint density at radius 1 is 0.696 bits per heavy atom. The molecule has 18 heteroatoms. The zero-order valence-corrected chi connectivity index (χ0v) is 25.1. The molecule has 248 valence electrons. The molecule has 0 unspecified atom stereocenters. The molecule has 0 saturated heterocycles. The third-order valence-electron chi connectivity index (χ3n) is 5.82. The minimum Gasteiger partial charge on any atom is -0.490 e. The van der Waals surface area contributed by atoms with Gasteiger partial charge in [0.2, 0.25) is 0 Å². The number of carboxylic acids is 2. The van der Waals surface area contributed by atoms with Crippen LogP contribution in [-0.4, -0.2) is 69.7 Å². The molecule has 0 spiro atoms. The summed E-state index contributed by atoms with van der Waals surface area (Å²) in [5, 5.41) is 40.4. The maximum Gasteiger partial charge on any atom is 0.343 e. The molecule has 0 radical (unpaired) electrons. The number of hydrogen-bond donors (Lipinski definition) is 2. The summed E-state index contributed by atoms with van der Waals surface area (Å²) >= 11 is 0. The third-order valence-corrected chi connectivity index (χ3v) is 5.82. The number of hydrogen-bond acceptors (Lipinski definition) is 14. The van der Waals surface area contributed by atoms with Gasteiger partial charge in [0.05, 0.1) is 42.5 Å². The van der Waals surface area contributed by atoms with E-state index in [4.69, 9.17) is 24.1 Å². The van der Waals surface area contributed by atoms with Gasteiger partial charge in [0.15, 0.2) is 11.5 Å². The van der Waals surface area contributed by atoms with Crippen LogP contribution in [0.5, 0.6) is 11.5 Å². The van der Waals surface area contributed by atoms with Crippen molar-refractivity contribution in [2.75, 3.05) is 14.2 Å². The fourth-order valence-electron chi connectivity index (χ4n) is 3.57. The fourth-order valence-corrected chi connectivity index (χ4v) is 3.57. The number of carbonyl (C=O) groups is 6. The Bertz CT molecular complexity index is 1500. The lowest BCUT2D eigenvalue weighted by atomic mass is 10.1. The van der Waals surface area contributed by atoms with Crippen molar-refractivity contribution < 1.29 is 67.8 Å². The molecule has 2 aromatic rings. The van der Waals surface area contributed by atoms with Crippen LogP contribution in [0, 0.1) is 20.2 Å². The Morgan fingerprint density at radius 3 is 1.59 bits per heavy atom. The van der Waals surface area contributed by atoms with Gasteiger partial charge in [-0.25, -0.2) is 9.59 Å². The number of benzene rings is 2. The van der Waals surface area contributed by atoms with Gasteiger partial charge in [-0.15, -0.1) is 0 Å². The summed E-state index contributed by atoms with van der Waals surface area (Å²) in [6, 6.07) is 4.48. The number of esters is 2. The van der Waals surface area contributed by atoms with Crippen LogP contribution in [0.25, 0.3) is 0 Å². The number of aromatic carboxylic acids is 2. The number of carbonyl (C=O) groups excluding carboxylic acids is 4. The number of nitrogens with zero attached hydrogens (tertiary/aromatic N) is 2. The van der Waals surface area contributed by atoms with Gasteiger partial charge in [-0.2, -0.15) is 0 Å². The lowest BCUT2D eigenvalue weighted by Crippen LogP contribution is -2.12. The molecule has 0 atom stereocenters. The summed E-state index contributed by atoms with van der Waals surface area (Å²) < 4.78 is 19.3. The van der Waals surface area contributed by atoms with E-state index in [2.05, 4.69) is 0 Å². The van der Waals surface area contributed by atoms with Crippen molar-refractivity contribution in [3.8, 4) is 11.5 Å². The standard InChI is InChI=1S/2C14H15NO8/c1-8(16)3-6-11(17)23-7-9-4-5-10(22-2)13(15(20)21)12(9)14(18)19;1-8(16)3-4-13(17)23-7-9-5-11(15(20)21)12(22-2)6-10(9)14(18)19/h4-5H,3,6-7H2,1-2H3,(H,18,19);5-6H,3-4,7H2,1-2H3,(H,18,19). The summed E-state index contributed by atoms with van der Waals surface area (Å²) in [7, 11) is 2.35. The first-order valence-electron chi connectivity index (χ1n) is 13.0. The molecular weight excluding hydrogens is 620 g/mol. The van der Waals surface area contributed by atoms with E-state index in [9.17, 15) is 54.1 Å². The van der Waals surface area contributed by atoms with Crippen molar-refractivity contribution in [1.82, 2.24) is 0 Å². The third kappa shape index (κ3) is 11.6. The topological polar surface area (TPSA) is 266 Å². The molecule has 0 amide bonds. The van der Waals surface area contributed by atoms with E-state index in [1.807, 2.05) is 0 Å². The van der Waals surface area contributed by atoms with E-state index in [-0.39, 0.29) is 65.4 Å². The van der Waals surface area contributed by atoms with Gasteiger partial charge < -0.3 is 38.7 Å². The molecule has 18 nitrogen and oxygen atoms in total. The second-order valence-corrected chi connectivity index (χ2v) is 9.18. The number of rotatable bonds is 16. The molecule has 0 heterocycles. The van der Waals surface area contributed by atoms with Crippen LogP contribution in [0.3, 0.4) is 0 Å². The smallest absolute Gasteiger partial charge is 0.343 e. The van der Waals surface area contributed by atoms with Crippen LogP contribution in [0.2, 0.25) is 0 Å². The zero-order chi connectivity index (χ0) is 35.1. The van der Waals surface area contributed by atoms with Gasteiger partial charge >= 0.3 is 35.3 Å². The van der Waals surface area contributed by atoms with Crippen molar-refractivity contribution in [1.29, 1.82) is 0 Å². The molecule has 0 fully saturated rings. The molecule has 0 saturated carbocycles. The van der Waals surface area contributed by atoms with Crippen LogP contribution < -0.4 is 9.47 Å². The predicted molar refractivity (Wildman–Crippen MR) is 153 cm³/mol. The van der Waals surface area contributed by atoms with Crippen LogP contribution in [-0.2, 0) is 41.9 Å². The van der Waals surface area contributed by atoms with Crippen LogP contribution in [0.1, 0.15) is 71.4 Å². The Kier molecular flexibility index (Phi) is 14.9. The molecule has 0 aliphatic heterocycles. The number of carboxylic acid groups (broad SMARTS) is 2. The molecule has 46 heavy (non-hydrogen) atoms. The van der Waals surface area contributed by atoms with E-state index in [0.717, 1.165) is 12.1 Å². The number of ketones is 2. The normalized spacial score (nSPS) is 10.0. The Morgan fingerprint density at radius 2 is 1.20 bits per heavy atom. The number of Topliss-reactive ketones (excluding diaryl/α,β-unsaturated/α-hetero) is 2. The summed E-state index contributed by atoms with van der Waals surface area (Å²) in [6.45, 7) is 1.73. The number of nitro groups is 2. The van der Waals surface area contributed by atoms with Crippen LogP contribution in [0.4, 0.5) is 11.4 Å². The zero-order valence-electron chi connectivity index (χ0n) is 25.1. The van der Waals surface area contributed by atoms with E-state index in [1.54, 1.807) is 0 Å². The highest BCUT2D eigenvalue weighted by molar-refractivity contribution is 5.95. The van der Waals surface area contributed by atoms with Gasteiger partial charge in [-0.05, 0) is 19.9 Å². The molecule has 2 N–H and O–H groups in total. The largest absolute Gasteiger partial charge is 0.490 e. The number of ether oxygens (including phenoxy) is 4. The SMILES string of the molecule is COc1cc(C(=O)O)c(COC(=O)CCC(C)=O)cc1[N+](=O)[O-].COc1ccc(COC(=O)CCC(C)=O)c(C(=O)O)c1[N+](=O)[O-]. The van der Waals surface area contributed by atoms with Gasteiger partial charge in [-0.3, -0.25) is 29.8 Å². The van der Waals surface area contributed by atoms with Gasteiger partial charge in [0.25, 0.3) is 0 Å². The summed E-state index contributed by atoms with van der Waals surface area (Å²) in [4.78, 5) is 87.5. The minimum absolute atomic E-state index is 0.00732. The van der Waals surface area contributed by atoms with Crippen molar-refractivity contribution in [3.63, 3.8) is 0 Å². The van der Waals surface area contributed by atoms with Gasteiger partial charge in [0.1, 0.15) is 30.3 Å². The summed E-state index contributed by atoms with van der Waals surface area (Å²) in [5.74, 6) is -5.07. The first kappa shape index (κ1) is 38.1. The quantitative estimate of drug-likeness (QED) is 0.150. The molecule has 0 aromatic heterocycles. The lowest BCUT2D eigenvalue weighted by Gasteiger charge is -2.10. The fraction of sp³-hybridized carbons (Fsp3) is 0.357. The van der Waals surface area contributed by atoms with Crippen molar-refractivity contribution in [3.05, 3.63) is 66.7 Å². The molecule has 0 bridgehead atoms. The highest BCUT2D eigenvalue weighted by Gasteiger charge is 2.29. The van der Waals surface area contributed by atoms with Crippen molar-refractivity contribution in [2.45, 2.75) is 52.7 Å². The maximum atomic E-state index is 11.5. The lowest BCUT2D eigenvalue weighted by molar-refractivity contribution is -0.386. The molecule has 2 aromatic carbocycles. The van der Waals surface area contributed by atoms with Crippen molar-refractivity contribution in [2.24, 2.45) is 0 Å². The average Bonchev–Trinajstić information content (AvgIpc) is 2.99. The predicted octanol–water partition coefficient (Wildman–Crippen LogP) is 3.43. The average molecular weight is 651 g/mol. The molecular formula is C28H30N2O16. The highest BCUT2D eigenvalue weighted by Crippen LogP contribution is 2.34. The van der Waals surface area contributed by atoms with Crippen molar-refractivity contribution >= 4 is 46.8 Å². The minimum atomic E-state index is -1.54. The van der Waals surface area contributed by atoms with E-state index >= 15 is 0 Å². The molecule has 2 rings (SSSR count). The highest BCUT2D eigenvalue weighted by atomic mass is 16.6. The number of nitro benzene ring substituents is 2. The first-order valence-corrected chi connectivity index (χ1v) is 13.0. The maximum absolute atomic E-state index is 11.5. The Labute approximate surface area is 260 Å². The molecule has 0 aliphatic carbocycles. The molecule has 0 aliphatic rings. The van der Waals surface area contributed by atoms with Crippen LogP contribution in [0.15, 0.2) is 24.3 Å². The van der Waals surface area contributed by atoms with Gasteiger partial charge in [-0.1, -0.05) is 6.07 Å². The van der Waals surface area contributed by atoms with E-state index < -0.39 is 63.9 Å². The number of methoxy groups -OCH3 is 2. The van der Waals surface area contributed by atoms with Gasteiger partial charge in [0, 0.05) is 36.1 Å². The summed E-state index contributed by atoms with van der Waals surface area (Å²) in [6.07, 6.45) is -0.271. The Hall–Kier alpha value is -5.94. The monoisotopic (exact) mass is 650 g/mol. The van der Waals surface area contributed by atoms with E-state index in [0.29, 0.717) is 0 Å². The first-order chi connectivity index (χ1) is 21.5. The second-order valence-electron chi connectivity index (χ2n) is 9.18. The Balaban J connectivity index is 0.000000460. The second kappa shape index (κ2) is 18.0. The van der Waals surface area contributed by atoms with E-state index in [1.165, 1.54) is 40.2 Å². The summed E-state index contributed by atoms with van der Waals surface area (Å²) in [5.41, 5.74) is -2.10. The van der Waals surface area contributed by atoms with Crippen LogP contribution >= 0.6 is 0 Å².